The molecule has 0 amide bonds. The fourth-order valence-corrected chi connectivity index (χ4v) is 4.68. The molecule has 0 saturated carbocycles. The topological polar surface area (TPSA) is 90.5 Å². The summed E-state index contributed by atoms with van der Waals surface area (Å²) in [4.78, 5) is 26.2. The van der Waals surface area contributed by atoms with Crippen LogP contribution >= 0.6 is 11.6 Å². The number of fused-ring (bicyclic) bond motifs is 3. The van der Waals surface area contributed by atoms with Gasteiger partial charge in [0.1, 0.15) is 22.8 Å². The summed E-state index contributed by atoms with van der Waals surface area (Å²) in [5.74, 6) is 0. The molecule has 0 fully saturated rings. The number of anilines is 1. The first-order valence-electron chi connectivity index (χ1n) is 11.1. The Balaban J connectivity index is 1.70. The lowest BCUT2D eigenvalue weighted by atomic mass is 9.95. The van der Waals surface area contributed by atoms with Gasteiger partial charge in [0.25, 0.3) is 5.56 Å². The molecule has 0 spiro atoms. The van der Waals surface area contributed by atoms with Crippen molar-refractivity contribution in [3.05, 3.63) is 75.7 Å². The van der Waals surface area contributed by atoms with E-state index in [2.05, 4.69) is 38.4 Å². The summed E-state index contributed by atoms with van der Waals surface area (Å²) in [7, 11) is 1.80. The van der Waals surface area contributed by atoms with E-state index in [1.165, 1.54) is 6.33 Å². The minimum Gasteiger partial charge on any atom is -0.377 e. The molecule has 4 aromatic heterocycles. The van der Waals surface area contributed by atoms with E-state index in [0.717, 1.165) is 33.2 Å². The average molecular weight is 474 g/mol. The molecule has 172 valence electrons. The largest absolute Gasteiger partial charge is 0.377 e. The summed E-state index contributed by atoms with van der Waals surface area (Å²) in [5, 5.41) is 11.0. The van der Waals surface area contributed by atoms with Crippen molar-refractivity contribution in [1.82, 2.24) is 29.3 Å². The van der Waals surface area contributed by atoms with Gasteiger partial charge < -0.3 is 5.32 Å². The van der Waals surface area contributed by atoms with Crippen LogP contribution in [-0.4, -0.2) is 29.3 Å². The summed E-state index contributed by atoms with van der Waals surface area (Å²) >= 11 is 6.20. The molecule has 1 N–H and O–H groups in total. The highest BCUT2D eigenvalue weighted by atomic mass is 35.5. The van der Waals surface area contributed by atoms with E-state index in [1.807, 2.05) is 36.9 Å². The Kier molecular flexibility index (Phi) is 5.53. The van der Waals surface area contributed by atoms with E-state index in [-0.39, 0.29) is 11.6 Å². The second-order valence-corrected chi connectivity index (χ2v) is 8.72. The number of nitrogens with one attached hydrogen (secondary N) is 1. The molecule has 1 atom stereocenters. The van der Waals surface area contributed by atoms with Crippen molar-refractivity contribution in [2.24, 2.45) is 7.05 Å². The molecule has 0 aliphatic rings. The summed E-state index contributed by atoms with van der Waals surface area (Å²) in [6, 6.07) is 9.36. The quantitative estimate of drug-likeness (QED) is 0.365. The third-order valence-corrected chi connectivity index (χ3v) is 6.28. The molecule has 1 aromatic carbocycles. The van der Waals surface area contributed by atoms with Gasteiger partial charge in [-0.3, -0.25) is 9.36 Å². The first-order valence-corrected chi connectivity index (χ1v) is 11.4. The van der Waals surface area contributed by atoms with Crippen LogP contribution in [0.2, 0.25) is 5.15 Å². The summed E-state index contributed by atoms with van der Waals surface area (Å²) in [6.07, 6.45) is 5.00. The zero-order chi connectivity index (χ0) is 24.0. The maximum atomic E-state index is 13.3. The van der Waals surface area contributed by atoms with Gasteiger partial charge in [-0.05, 0) is 56.2 Å². The number of pyridine rings is 2. The van der Waals surface area contributed by atoms with Crippen LogP contribution in [0.5, 0.6) is 0 Å². The van der Waals surface area contributed by atoms with E-state index < -0.39 is 0 Å². The summed E-state index contributed by atoms with van der Waals surface area (Å²) in [6.45, 7) is 6.77. The van der Waals surface area contributed by atoms with Gasteiger partial charge >= 0.3 is 0 Å². The Bertz CT molecular complexity index is 1590. The van der Waals surface area contributed by atoms with Gasteiger partial charge in [-0.25, -0.2) is 19.6 Å². The van der Waals surface area contributed by atoms with Gasteiger partial charge in [0.2, 0.25) is 0 Å². The van der Waals surface area contributed by atoms with Gasteiger partial charge in [0, 0.05) is 42.0 Å². The Hall–Kier alpha value is -3.78. The van der Waals surface area contributed by atoms with Crippen LogP contribution in [-0.2, 0) is 13.6 Å². The molecule has 0 bridgehead atoms. The molecule has 1 unspecified atom stereocenters. The van der Waals surface area contributed by atoms with Crippen molar-refractivity contribution in [2.75, 3.05) is 5.32 Å². The summed E-state index contributed by atoms with van der Waals surface area (Å²) in [5.41, 5.74) is 4.89. The smallest absolute Gasteiger partial charge is 0.259 e. The van der Waals surface area contributed by atoms with Gasteiger partial charge in [0.15, 0.2) is 0 Å². The summed E-state index contributed by atoms with van der Waals surface area (Å²) < 4.78 is 3.54. The van der Waals surface area contributed by atoms with Crippen molar-refractivity contribution >= 4 is 39.1 Å². The molecular formula is C25H24ClN7O. The molecular weight excluding hydrogens is 450 g/mol. The van der Waals surface area contributed by atoms with Crippen LogP contribution in [0.4, 0.5) is 5.69 Å². The lowest BCUT2D eigenvalue weighted by molar-refractivity contribution is 0.659. The normalized spacial score (nSPS) is 12.4. The molecule has 0 aliphatic heterocycles. The molecule has 5 aromatic rings. The van der Waals surface area contributed by atoms with E-state index in [0.29, 0.717) is 28.5 Å². The van der Waals surface area contributed by atoms with Crippen molar-refractivity contribution in [3.63, 3.8) is 0 Å². The SMILES string of the molecule is CCn1ncc2c3c(C(C)Nc4ccc(Cl)nc4-c4ccncn4)cc(C)cc3c(=O)n(C)c21. The van der Waals surface area contributed by atoms with E-state index in [9.17, 15) is 4.79 Å². The van der Waals surface area contributed by atoms with Crippen LogP contribution < -0.4 is 10.9 Å². The zero-order valence-electron chi connectivity index (χ0n) is 19.4. The Morgan fingerprint density at radius 3 is 2.74 bits per heavy atom. The number of hydrogen-bond donors (Lipinski definition) is 1. The average Bonchev–Trinajstić information content (AvgIpc) is 3.28. The second kappa shape index (κ2) is 8.53. The van der Waals surface area contributed by atoms with Gasteiger partial charge in [-0.2, -0.15) is 5.10 Å². The zero-order valence-corrected chi connectivity index (χ0v) is 20.1. The van der Waals surface area contributed by atoms with Crippen LogP contribution in [0.3, 0.4) is 0 Å². The van der Waals surface area contributed by atoms with E-state index in [1.54, 1.807) is 29.9 Å². The number of aryl methyl sites for hydroxylation is 3. The van der Waals surface area contributed by atoms with Crippen molar-refractivity contribution < 1.29 is 0 Å². The third-order valence-electron chi connectivity index (χ3n) is 6.07. The predicted octanol–water partition coefficient (Wildman–Crippen LogP) is 4.90. The molecule has 34 heavy (non-hydrogen) atoms. The molecule has 9 heteroatoms. The van der Waals surface area contributed by atoms with Gasteiger partial charge in [0.05, 0.1) is 17.6 Å². The predicted molar refractivity (Wildman–Crippen MR) is 135 cm³/mol. The van der Waals surface area contributed by atoms with E-state index in [4.69, 9.17) is 11.6 Å². The first kappa shape index (κ1) is 22.0. The van der Waals surface area contributed by atoms with E-state index >= 15 is 0 Å². The van der Waals surface area contributed by atoms with Crippen molar-refractivity contribution in [1.29, 1.82) is 0 Å². The molecule has 8 nitrogen and oxygen atoms in total. The fourth-order valence-electron chi connectivity index (χ4n) is 4.53. The van der Waals surface area contributed by atoms with Gasteiger partial charge in [-0.15, -0.1) is 0 Å². The van der Waals surface area contributed by atoms with Crippen molar-refractivity contribution in [3.8, 4) is 11.4 Å². The minimum atomic E-state index is -0.147. The number of rotatable bonds is 5. The molecule has 0 saturated heterocycles. The van der Waals surface area contributed by atoms with Crippen LogP contribution in [0, 0.1) is 6.92 Å². The maximum absolute atomic E-state index is 13.3. The number of aromatic nitrogens is 6. The maximum Gasteiger partial charge on any atom is 0.259 e. The van der Waals surface area contributed by atoms with Crippen LogP contribution in [0.25, 0.3) is 33.2 Å². The van der Waals surface area contributed by atoms with Crippen LogP contribution in [0.15, 0.2) is 53.8 Å². The monoisotopic (exact) mass is 473 g/mol. The highest BCUT2D eigenvalue weighted by Gasteiger charge is 2.20. The number of halogens is 1. The second-order valence-electron chi connectivity index (χ2n) is 8.33. The Morgan fingerprint density at radius 2 is 2.00 bits per heavy atom. The molecule has 0 aliphatic carbocycles. The lowest BCUT2D eigenvalue weighted by Crippen LogP contribution is -2.20. The number of nitrogens with zero attached hydrogens (tertiary/aromatic N) is 6. The van der Waals surface area contributed by atoms with Gasteiger partial charge in [-0.1, -0.05) is 17.7 Å². The Labute approximate surface area is 201 Å². The molecule has 5 rings (SSSR count). The highest BCUT2D eigenvalue weighted by molar-refractivity contribution is 6.29. The van der Waals surface area contributed by atoms with Crippen molar-refractivity contribution in [2.45, 2.75) is 33.4 Å². The highest BCUT2D eigenvalue weighted by Crippen LogP contribution is 2.34. The molecule has 4 heterocycles. The third kappa shape index (κ3) is 3.60. The first-order chi connectivity index (χ1) is 16.4. The lowest BCUT2D eigenvalue weighted by Gasteiger charge is -2.21. The number of benzene rings is 1. The Morgan fingerprint density at radius 1 is 1.18 bits per heavy atom. The molecule has 0 radical (unpaired) electrons. The number of hydrogen-bond acceptors (Lipinski definition) is 6. The van der Waals surface area contributed by atoms with Crippen LogP contribution in [0.1, 0.15) is 31.0 Å². The standard InChI is InChI=1S/C25H24ClN7O/c1-5-33-24-18(12-29-33)22-16(10-14(2)11-17(22)25(34)32(24)4)15(3)30-20-6-7-21(26)31-23(20)19-8-9-27-13-28-19/h6-13,15,30H,5H2,1-4H3. The minimum absolute atomic E-state index is 0.0373. The fraction of sp³-hybridized carbons (Fsp3) is 0.240.